The molecule has 0 amide bonds. The first-order chi connectivity index (χ1) is 6.80. The minimum Gasteiger partial charge on any atom is -0.224 e. The molecule has 0 saturated heterocycles. The number of alkyl halides is 3. The minimum absolute atomic E-state index is 0.0166. The van der Waals surface area contributed by atoms with Gasteiger partial charge in [0.05, 0.1) is 11.5 Å². The smallest absolute Gasteiger partial charge is 0.224 e. The van der Waals surface area contributed by atoms with Crippen LogP contribution in [0.3, 0.4) is 0 Å². The summed E-state index contributed by atoms with van der Waals surface area (Å²) in [5.74, 6) is -0.212. The maximum absolute atomic E-state index is 12.3. The fraction of sp³-hybridized carbons (Fsp3) is 0.429. The van der Waals surface area contributed by atoms with E-state index in [2.05, 4.69) is 10.2 Å². The number of sulfone groups is 1. The molecule has 0 atom stereocenters. The Bertz CT molecular complexity index is 499. The topological polar surface area (TPSA) is 58.9 Å². The SMILES string of the molecule is O=S1(=O)C=C2C(=NN=C2C(F)(F)F)CC1. The van der Waals surface area contributed by atoms with Crippen LogP contribution in [0.15, 0.2) is 21.2 Å². The Hall–Kier alpha value is -1.18. The minimum atomic E-state index is -4.66. The Kier molecular flexibility index (Phi) is 2.00. The van der Waals surface area contributed by atoms with E-state index in [0.717, 1.165) is 0 Å². The standard InChI is InChI=1S/C7H5F3N2O2S/c8-7(9,10)6-4-3-15(13,14)2-1-5(4)11-12-6/h3H,1-2H2. The van der Waals surface area contributed by atoms with Gasteiger partial charge in [-0.3, -0.25) is 0 Å². The van der Waals surface area contributed by atoms with Crippen molar-refractivity contribution in [2.75, 3.05) is 5.75 Å². The third-order valence-corrected chi connectivity index (χ3v) is 3.39. The van der Waals surface area contributed by atoms with E-state index in [1.807, 2.05) is 0 Å². The van der Waals surface area contributed by atoms with Crippen molar-refractivity contribution in [1.82, 2.24) is 0 Å². The molecule has 0 bridgehead atoms. The Morgan fingerprint density at radius 3 is 2.53 bits per heavy atom. The average Bonchev–Trinajstić information content (AvgIpc) is 2.43. The monoisotopic (exact) mass is 238 g/mol. The van der Waals surface area contributed by atoms with Gasteiger partial charge >= 0.3 is 6.18 Å². The van der Waals surface area contributed by atoms with Gasteiger partial charge in [0.2, 0.25) is 0 Å². The zero-order valence-corrected chi connectivity index (χ0v) is 8.06. The third kappa shape index (κ3) is 1.81. The molecule has 2 heterocycles. The van der Waals surface area contributed by atoms with E-state index in [-0.39, 0.29) is 17.9 Å². The molecule has 0 aromatic rings. The molecular formula is C7H5F3N2O2S. The normalized spacial score (nSPS) is 24.1. The summed E-state index contributed by atoms with van der Waals surface area (Å²) in [5, 5.41) is 6.89. The van der Waals surface area contributed by atoms with Crippen LogP contribution in [-0.4, -0.2) is 31.8 Å². The zero-order chi connectivity index (χ0) is 11.3. The van der Waals surface area contributed by atoms with E-state index in [1.54, 1.807) is 0 Å². The third-order valence-electron chi connectivity index (χ3n) is 2.03. The molecule has 0 aromatic carbocycles. The van der Waals surface area contributed by atoms with Gasteiger partial charge in [0.15, 0.2) is 15.5 Å². The lowest BCUT2D eigenvalue weighted by molar-refractivity contribution is -0.0579. The van der Waals surface area contributed by atoms with Gasteiger partial charge in [-0.25, -0.2) is 8.42 Å². The molecule has 0 radical (unpaired) electrons. The molecule has 8 heteroatoms. The van der Waals surface area contributed by atoms with Gasteiger partial charge in [0, 0.05) is 17.4 Å². The van der Waals surface area contributed by atoms with Gasteiger partial charge < -0.3 is 0 Å². The zero-order valence-electron chi connectivity index (χ0n) is 7.24. The van der Waals surface area contributed by atoms with Crippen molar-refractivity contribution in [1.29, 1.82) is 0 Å². The number of halogens is 3. The van der Waals surface area contributed by atoms with Gasteiger partial charge in [-0.1, -0.05) is 0 Å². The summed E-state index contributed by atoms with van der Waals surface area (Å²) in [4.78, 5) is 0. The van der Waals surface area contributed by atoms with Gasteiger partial charge in [-0.2, -0.15) is 18.3 Å². The molecule has 2 aliphatic heterocycles. The molecule has 2 rings (SSSR count). The molecule has 0 N–H and O–H groups in total. The lowest BCUT2D eigenvalue weighted by Gasteiger charge is -2.13. The second kappa shape index (κ2) is 2.91. The molecule has 2 aliphatic rings. The lowest BCUT2D eigenvalue weighted by Crippen LogP contribution is -2.29. The van der Waals surface area contributed by atoms with Gasteiger partial charge in [-0.05, 0) is 0 Å². The van der Waals surface area contributed by atoms with E-state index >= 15 is 0 Å². The first-order valence-corrected chi connectivity index (χ1v) is 5.68. The van der Waals surface area contributed by atoms with E-state index in [4.69, 9.17) is 0 Å². The van der Waals surface area contributed by atoms with Crippen molar-refractivity contribution in [3.8, 4) is 0 Å². The van der Waals surface area contributed by atoms with Gasteiger partial charge in [-0.15, -0.1) is 5.10 Å². The Morgan fingerprint density at radius 2 is 1.93 bits per heavy atom. The average molecular weight is 238 g/mol. The Labute approximate surface area is 83.1 Å². The van der Waals surface area contributed by atoms with Crippen LogP contribution in [-0.2, 0) is 9.84 Å². The summed E-state index contributed by atoms with van der Waals surface area (Å²) < 4.78 is 59.3. The summed E-state index contributed by atoms with van der Waals surface area (Å²) in [5.41, 5.74) is -1.54. The maximum Gasteiger partial charge on any atom is 0.435 e. The largest absolute Gasteiger partial charge is 0.435 e. The van der Waals surface area contributed by atoms with E-state index < -0.39 is 27.3 Å². The highest BCUT2D eigenvalue weighted by Crippen LogP contribution is 2.30. The first-order valence-electron chi connectivity index (χ1n) is 3.96. The molecule has 4 nitrogen and oxygen atoms in total. The van der Waals surface area contributed by atoms with E-state index in [0.29, 0.717) is 5.41 Å². The Morgan fingerprint density at radius 1 is 1.27 bits per heavy atom. The first kappa shape index (κ1) is 10.3. The van der Waals surface area contributed by atoms with Crippen molar-refractivity contribution in [3.63, 3.8) is 0 Å². The molecule has 15 heavy (non-hydrogen) atoms. The second-order valence-corrected chi connectivity index (χ2v) is 5.11. The highest BCUT2D eigenvalue weighted by molar-refractivity contribution is 7.94. The number of hydrogen-bond donors (Lipinski definition) is 0. The molecule has 0 spiro atoms. The fourth-order valence-corrected chi connectivity index (χ4v) is 2.55. The van der Waals surface area contributed by atoms with Crippen LogP contribution >= 0.6 is 0 Å². The summed E-state index contributed by atoms with van der Waals surface area (Å²) in [6.45, 7) is 0. The summed E-state index contributed by atoms with van der Waals surface area (Å²) in [7, 11) is -3.55. The predicted octanol–water partition coefficient (Wildman–Crippen LogP) is 1.06. The molecule has 0 saturated carbocycles. The molecular weight excluding hydrogens is 233 g/mol. The Balaban J connectivity index is 2.49. The van der Waals surface area contributed by atoms with Crippen LogP contribution in [0.25, 0.3) is 0 Å². The molecule has 82 valence electrons. The molecule has 0 unspecified atom stereocenters. The van der Waals surface area contributed by atoms with E-state index in [9.17, 15) is 21.6 Å². The van der Waals surface area contributed by atoms with Crippen molar-refractivity contribution < 1.29 is 21.6 Å². The predicted molar refractivity (Wildman–Crippen MR) is 47.4 cm³/mol. The number of rotatable bonds is 0. The van der Waals surface area contributed by atoms with Crippen molar-refractivity contribution in [2.45, 2.75) is 12.6 Å². The number of fused-ring (bicyclic) bond motifs is 1. The maximum atomic E-state index is 12.3. The summed E-state index contributed by atoms with van der Waals surface area (Å²) in [6, 6.07) is 0. The highest BCUT2D eigenvalue weighted by atomic mass is 32.2. The van der Waals surface area contributed by atoms with Crippen LogP contribution in [0, 0.1) is 0 Å². The van der Waals surface area contributed by atoms with Crippen molar-refractivity contribution >= 4 is 21.3 Å². The fourth-order valence-electron chi connectivity index (χ4n) is 1.35. The highest BCUT2D eigenvalue weighted by Gasteiger charge is 2.44. The molecule has 0 aromatic heterocycles. The van der Waals surface area contributed by atoms with Crippen LogP contribution in [0.4, 0.5) is 13.2 Å². The second-order valence-electron chi connectivity index (χ2n) is 3.14. The summed E-state index contributed by atoms with van der Waals surface area (Å²) in [6.07, 6.45) is -4.68. The van der Waals surface area contributed by atoms with Crippen LogP contribution in [0.5, 0.6) is 0 Å². The number of allylic oxidation sites excluding steroid dienone is 1. The van der Waals surface area contributed by atoms with Crippen molar-refractivity contribution in [3.05, 3.63) is 11.0 Å². The van der Waals surface area contributed by atoms with Crippen LogP contribution in [0.1, 0.15) is 6.42 Å². The van der Waals surface area contributed by atoms with Crippen LogP contribution < -0.4 is 0 Å². The number of hydrogen-bond acceptors (Lipinski definition) is 4. The van der Waals surface area contributed by atoms with Gasteiger partial charge in [0.1, 0.15) is 0 Å². The quantitative estimate of drug-likeness (QED) is 0.633. The number of nitrogens with zero attached hydrogens (tertiary/aromatic N) is 2. The van der Waals surface area contributed by atoms with Crippen molar-refractivity contribution in [2.24, 2.45) is 10.2 Å². The molecule has 0 aliphatic carbocycles. The van der Waals surface area contributed by atoms with Gasteiger partial charge in [0.25, 0.3) is 0 Å². The van der Waals surface area contributed by atoms with Crippen LogP contribution in [0.2, 0.25) is 0 Å². The summed E-state index contributed by atoms with van der Waals surface area (Å²) >= 11 is 0. The lowest BCUT2D eigenvalue weighted by atomic mass is 10.1. The molecule has 0 fully saturated rings. The van der Waals surface area contributed by atoms with E-state index in [1.165, 1.54) is 0 Å².